The summed E-state index contributed by atoms with van der Waals surface area (Å²) in [5.41, 5.74) is 17.0. The van der Waals surface area contributed by atoms with Gasteiger partial charge in [-0.05, 0) is 72.7 Å². The first-order valence-corrected chi connectivity index (χ1v) is 11.3. The number of pyridine rings is 1. The van der Waals surface area contributed by atoms with Gasteiger partial charge in [0, 0.05) is 23.1 Å². The summed E-state index contributed by atoms with van der Waals surface area (Å²) >= 11 is 0. The average Bonchev–Trinajstić information content (AvgIpc) is 2.78. The molecule has 3 aliphatic rings. The van der Waals surface area contributed by atoms with Crippen LogP contribution in [0.2, 0.25) is 0 Å². The number of aryl methyl sites for hydroxylation is 3. The molecule has 0 unspecified atom stereocenters. The topological polar surface area (TPSA) is 3.88 Å². The van der Waals surface area contributed by atoms with Crippen LogP contribution in [0.15, 0.2) is 66.7 Å². The average molecular weight is 403 g/mol. The molecule has 0 saturated carbocycles. The van der Waals surface area contributed by atoms with Crippen molar-refractivity contribution in [2.75, 3.05) is 0 Å². The Hall–Kier alpha value is -3.19. The summed E-state index contributed by atoms with van der Waals surface area (Å²) in [5.74, 6) is 0.621. The Morgan fingerprint density at radius 2 is 1.19 bits per heavy atom. The molecule has 7 rings (SSSR count). The van der Waals surface area contributed by atoms with Gasteiger partial charge in [0.15, 0.2) is 5.69 Å². The van der Waals surface area contributed by atoms with Gasteiger partial charge in [-0.1, -0.05) is 60.2 Å². The van der Waals surface area contributed by atoms with E-state index in [2.05, 4.69) is 106 Å². The van der Waals surface area contributed by atoms with Crippen LogP contribution in [-0.4, -0.2) is 0 Å². The van der Waals surface area contributed by atoms with Crippen LogP contribution in [0, 0.1) is 27.7 Å². The third-order valence-corrected chi connectivity index (χ3v) is 7.66. The molecule has 1 heterocycles. The second-order valence-corrected chi connectivity index (χ2v) is 9.45. The van der Waals surface area contributed by atoms with Crippen LogP contribution in [0.5, 0.6) is 0 Å². The summed E-state index contributed by atoms with van der Waals surface area (Å²) in [6.07, 6.45) is 0. The number of benzene rings is 3. The van der Waals surface area contributed by atoms with E-state index in [1.165, 1.54) is 67.0 Å². The highest BCUT2D eigenvalue weighted by Gasteiger charge is 2.47. The van der Waals surface area contributed by atoms with E-state index in [0.29, 0.717) is 11.8 Å². The predicted molar refractivity (Wildman–Crippen MR) is 127 cm³/mol. The molecular formula is C30H28N+. The fraction of sp³-hybridized carbons (Fsp3) is 0.233. The Morgan fingerprint density at radius 1 is 0.645 bits per heavy atom. The summed E-state index contributed by atoms with van der Waals surface area (Å²) in [7, 11) is 2.27. The quantitative estimate of drug-likeness (QED) is 0.280. The van der Waals surface area contributed by atoms with Gasteiger partial charge in [0.25, 0.3) is 0 Å². The molecule has 4 aromatic rings. The summed E-state index contributed by atoms with van der Waals surface area (Å²) in [6, 6.07) is 25.2. The summed E-state index contributed by atoms with van der Waals surface area (Å²) in [4.78, 5) is 0. The maximum atomic E-state index is 2.49. The van der Waals surface area contributed by atoms with E-state index >= 15 is 0 Å². The van der Waals surface area contributed by atoms with Crippen LogP contribution in [-0.2, 0) is 7.05 Å². The summed E-state index contributed by atoms with van der Waals surface area (Å²) < 4.78 is 2.49. The molecule has 0 amide bonds. The van der Waals surface area contributed by atoms with Crippen LogP contribution < -0.4 is 4.57 Å². The van der Waals surface area contributed by atoms with Crippen LogP contribution in [0.4, 0.5) is 0 Å². The smallest absolute Gasteiger partial charge is 0.197 e. The number of aromatic nitrogens is 1. The Labute approximate surface area is 185 Å². The molecule has 0 atom stereocenters. The van der Waals surface area contributed by atoms with Crippen molar-refractivity contribution in [1.29, 1.82) is 0 Å². The monoisotopic (exact) mass is 402 g/mol. The highest BCUT2D eigenvalue weighted by atomic mass is 15.0. The summed E-state index contributed by atoms with van der Waals surface area (Å²) in [5, 5.41) is 0. The standard InChI is InChI=1S/C30H28N/c1-17-14-18(2)20(4)25(15-17)26-16-19(3)27-28-21-10-6-8-12-23(21)29(30(27)31(26)5)24-13-9-7-11-22(24)28/h6-16,28-29H,1-5H3/q+1. The molecule has 1 nitrogen and oxygen atoms in total. The molecule has 1 aromatic heterocycles. The zero-order valence-electron chi connectivity index (χ0n) is 19.0. The van der Waals surface area contributed by atoms with Crippen LogP contribution in [0.25, 0.3) is 11.3 Å². The Balaban J connectivity index is 1.70. The lowest BCUT2D eigenvalue weighted by Crippen LogP contribution is -2.45. The number of hydrogen-bond donors (Lipinski definition) is 0. The van der Waals surface area contributed by atoms with Crippen LogP contribution >= 0.6 is 0 Å². The van der Waals surface area contributed by atoms with Gasteiger partial charge in [-0.25, -0.2) is 0 Å². The SMILES string of the molecule is Cc1cc(C)c(C)c(-c2cc(C)c3c([n+]2C)C2c4ccccc4C3c3ccccc32)c1. The largest absolute Gasteiger partial charge is 0.213 e. The van der Waals surface area contributed by atoms with Crippen molar-refractivity contribution in [3.8, 4) is 11.3 Å². The van der Waals surface area contributed by atoms with E-state index in [0.717, 1.165) is 0 Å². The molecule has 0 aliphatic heterocycles. The minimum atomic E-state index is 0.294. The van der Waals surface area contributed by atoms with Gasteiger partial charge < -0.3 is 0 Å². The van der Waals surface area contributed by atoms with E-state index in [-0.39, 0.29) is 0 Å². The number of rotatable bonds is 1. The van der Waals surface area contributed by atoms with E-state index in [1.807, 2.05) is 0 Å². The van der Waals surface area contributed by atoms with Gasteiger partial charge in [0.1, 0.15) is 7.05 Å². The second-order valence-electron chi connectivity index (χ2n) is 9.45. The molecule has 31 heavy (non-hydrogen) atoms. The van der Waals surface area contributed by atoms with Crippen LogP contribution in [0.3, 0.4) is 0 Å². The molecule has 0 N–H and O–H groups in total. The second kappa shape index (κ2) is 6.40. The Bertz CT molecular complexity index is 1340. The van der Waals surface area contributed by atoms with Crippen molar-refractivity contribution in [2.45, 2.75) is 39.5 Å². The zero-order chi connectivity index (χ0) is 21.4. The van der Waals surface area contributed by atoms with E-state index in [4.69, 9.17) is 0 Å². The van der Waals surface area contributed by atoms with Gasteiger partial charge >= 0.3 is 0 Å². The first kappa shape index (κ1) is 18.6. The minimum absolute atomic E-state index is 0.294. The minimum Gasteiger partial charge on any atom is -0.197 e. The molecule has 0 radical (unpaired) electrons. The lowest BCUT2D eigenvalue weighted by molar-refractivity contribution is -0.669. The highest BCUT2D eigenvalue weighted by molar-refractivity contribution is 5.70. The molecule has 3 aromatic carbocycles. The third-order valence-electron chi connectivity index (χ3n) is 7.66. The normalized spacial score (nSPS) is 17.8. The lowest BCUT2D eigenvalue weighted by Gasteiger charge is -2.40. The number of hydrogen-bond acceptors (Lipinski definition) is 0. The molecule has 3 aliphatic carbocycles. The van der Waals surface area contributed by atoms with Crippen molar-refractivity contribution >= 4 is 0 Å². The van der Waals surface area contributed by atoms with Gasteiger partial charge in [-0.3, -0.25) is 0 Å². The molecule has 1 heteroatoms. The highest BCUT2D eigenvalue weighted by Crippen LogP contribution is 2.55. The first-order chi connectivity index (χ1) is 15.0. The van der Waals surface area contributed by atoms with Crippen molar-refractivity contribution in [3.63, 3.8) is 0 Å². The maximum absolute atomic E-state index is 2.49. The number of nitrogens with zero attached hydrogens (tertiary/aromatic N) is 1. The van der Waals surface area contributed by atoms with Gasteiger partial charge in [0.2, 0.25) is 5.69 Å². The molecule has 0 fully saturated rings. The van der Waals surface area contributed by atoms with E-state index in [9.17, 15) is 0 Å². The van der Waals surface area contributed by atoms with Crippen molar-refractivity contribution in [2.24, 2.45) is 7.05 Å². The Morgan fingerprint density at radius 3 is 1.77 bits per heavy atom. The third kappa shape index (κ3) is 2.41. The van der Waals surface area contributed by atoms with Gasteiger partial charge in [0.05, 0.1) is 5.92 Å². The zero-order valence-corrected chi connectivity index (χ0v) is 19.0. The predicted octanol–water partition coefficient (Wildman–Crippen LogP) is 6.40. The molecule has 0 spiro atoms. The fourth-order valence-corrected chi connectivity index (χ4v) is 6.20. The molecule has 152 valence electrons. The first-order valence-electron chi connectivity index (χ1n) is 11.3. The molecule has 2 bridgehead atoms. The van der Waals surface area contributed by atoms with Crippen molar-refractivity contribution < 1.29 is 4.57 Å². The van der Waals surface area contributed by atoms with E-state index < -0.39 is 0 Å². The molecular weight excluding hydrogens is 374 g/mol. The Kier molecular flexibility index (Phi) is 3.84. The van der Waals surface area contributed by atoms with Crippen molar-refractivity contribution in [3.05, 3.63) is 122 Å². The fourth-order valence-electron chi connectivity index (χ4n) is 6.20. The van der Waals surface area contributed by atoms with E-state index in [1.54, 1.807) is 0 Å². The molecule has 0 saturated heterocycles. The summed E-state index contributed by atoms with van der Waals surface area (Å²) in [6.45, 7) is 9.00. The van der Waals surface area contributed by atoms with Crippen LogP contribution in [0.1, 0.15) is 67.6 Å². The lowest BCUT2D eigenvalue weighted by atomic mass is 9.61. The van der Waals surface area contributed by atoms with Gasteiger partial charge in [-0.2, -0.15) is 4.57 Å². The van der Waals surface area contributed by atoms with Gasteiger partial charge in [-0.15, -0.1) is 0 Å². The van der Waals surface area contributed by atoms with Crippen molar-refractivity contribution in [1.82, 2.24) is 0 Å². The maximum Gasteiger partial charge on any atom is 0.213 e.